The molecule has 3 amide bonds. The van der Waals surface area contributed by atoms with Crippen LogP contribution in [0.1, 0.15) is 70.7 Å². The molecule has 50 heavy (non-hydrogen) atoms. The highest BCUT2D eigenvalue weighted by molar-refractivity contribution is 7.85. The smallest absolute Gasteiger partial charge is 0.261 e. The Balaban J connectivity index is 0.00000161. The maximum atomic E-state index is 13.0. The van der Waals surface area contributed by atoms with Crippen molar-refractivity contribution in [3.63, 3.8) is 0 Å². The Morgan fingerprint density at radius 1 is 1.00 bits per heavy atom. The lowest BCUT2D eigenvalue weighted by atomic mass is 10.1. The summed E-state index contributed by atoms with van der Waals surface area (Å²) in [4.78, 5) is 39.4. The lowest BCUT2D eigenvalue weighted by Gasteiger charge is -2.31. The van der Waals surface area contributed by atoms with Gasteiger partial charge in [0.1, 0.15) is 5.75 Å². The molecule has 4 N–H and O–H groups in total. The Kier molecular flexibility index (Phi) is 17.3. The summed E-state index contributed by atoms with van der Waals surface area (Å²) in [5.41, 5.74) is 1.01. The molecule has 0 spiro atoms. The van der Waals surface area contributed by atoms with Gasteiger partial charge in [-0.2, -0.15) is 8.42 Å². The van der Waals surface area contributed by atoms with Crippen molar-refractivity contribution in [2.45, 2.75) is 78.4 Å². The minimum absolute atomic E-state index is 0.0459. The fourth-order valence-electron chi connectivity index (χ4n) is 4.82. The molecule has 278 valence electrons. The number of aromatic nitrogens is 1. The van der Waals surface area contributed by atoms with Crippen LogP contribution < -0.4 is 29.6 Å². The van der Waals surface area contributed by atoms with E-state index in [-0.39, 0.29) is 36.3 Å². The number of anilines is 1. The number of nitrogens with one attached hydrogen (secondary N) is 3. The van der Waals surface area contributed by atoms with Crippen LogP contribution in [0.15, 0.2) is 40.9 Å². The molecule has 1 heterocycles. The van der Waals surface area contributed by atoms with E-state index < -0.39 is 22.1 Å². The van der Waals surface area contributed by atoms with Crippen LogP contribution in [0.5, 0.6) is 17.2 Å². The number of methoxy groups -OCH3 is 1. The van der Waals surface area contributed by atoms with Crippen molar-refractivity contribution in [2.75, 3.05) is 38.4 Å². The lowest BCUT2D eigenvalue weighted by Crippen LogP contribution is -2.43. The quantitative estimate of drug-likeness (QED) is 0.0697. The molecule has 3 rings (SSSR count). The zero-order chi connectivity index (χ0) is 37.4. The van der Waals surface area contributed by atoms with Gasteiger partial charge >= 0.3 is 0 Å². The number of benzene rings is 2. The van der Waals surface area contributed by atoms with E-state index in [1.54, 1.807) is 43.5 Å². The summed E-state index contributed by atoms with van der Waals surface area (Å²) in [6, 6.07) is 10.2. The number of carbonyl (C=O) groups excluding carboxylic acids is 3. The molecule has 0 fully saturated rings. The van der Waals surface area contributed by atoms with Crippen LogP contribution in [0.2, 0.25) is 0 Å². The van der Waals surface area contributed by atoms with Crippen LogP contribution in [-0.2, 0) is 19.7 Å². The standard InChI is InChI=1S/C32H45N5O7S.CH4O3S/c1-7-10-25(36-45)31(39)33-19-29(38)34-30-24-13-12-23(18-27(24)44-35-30)42-15-8-9-16-43-26-14-11-22(17-28(26)41-6)32(40)37(20(2)3)21(4)5;1-5(2,3)4/h11-14,17-18,20-21,25,36,45H,7-10,15-16,19H2,1-6H3,(H,33,39)(H,34,35,38);1H3,(H,2,3,4)/t25-;/m0./s1. The number of rotatable bonds is 18. The van der Waals surface area contributed by atoms with Crippen molar-refractivity contribution in [3.8, 4) is 17.2 Å². The van der Waals surface area contributed by atoms with E-state index in [2.05, 4.69) is 33.3 Å². The molecule has 0 radical (unpaired) electrons. The number of fused-ring (bicyclic) bond motifs is 1. The highest BCUT2D eigenvalue weighted by atomic mass is 32.2. The SMILES string of the molecule is CCC[C@H](NS)C(=O)NCC(=O)Nc1noc2cc(OCCCCOc3ccc(C(=O)N(C(C)C)C(C)C)cc3OC)ccc12.CS(=O)(=O)O. The van der Waals surface area contributed by atoms with Crippen LogP contribution in [0.25, 0.3) is 11.0 Å². The van der Waals surface area contributed by atoms with Crippen molar-refractivity contribution in [2.24, 2.45) is 0 Å². The molecule has 0 saturated heterocycles. The fourth-order valence-corrected chi connectivity index (χ4v) is 5.06. The molecule has 1 aromatic heterocycles. The highest BCUT2D eigenvalue weighted by Gasteiger charge is 2.23. The normalized spacial score (nSPS) is 11.8. The first-order chi connectivity index (χ1) is 23.6. The van der Waals surface area contributed by atoms with Gasteiger partial charge in [-0.05, 0) is 77.3 Å². The van der Waals surface area contributed by atoms with E-state index in [0.29, 0.717) is 59.7 Å². The second kappa shape index (κ2) is 20.6. The van der Waals surface area contributed by atoms with E-state index in [4.69, 9.17) is 23.3 Å². The predicted molar refractivity (Wildman–Crippen MR) is 194 cm³/mol. The van der Waals surface area contributed by atoms with Crippen molar-refractivity contribution < 1.29 is 46.1 Å². The van der Waals surface area contributed by atoms with Crippen molar-refractivity contribution in [1.29, 1.82) is 0 Å². The Morgan fingerprint density at radius 3 is 2.22 bits per heavy atom. The number of thiol groups is 1. The van der Waals surface area contributed by atoms with Gasteiger partial charge in [-0.3, -0.25) is 23.7 Å². The van der Waals surface area contributed by atoms with E-state index in [1.807, 2.05) is 39.5 Å². The summed E-state index contributed by atoms with van der Waals surface area (Å²) in [6.07, 6.45) is 3.59. The summed E-state index contributed by atoms with van der Waals surface area (Å²) >= 11 is 3.97. The van der Waals surface area contributed by atoms with Crippen molar-refractivity contribution >= 4 is 57.4 Å². The third-order valence-corrected chi connectivity index (χ3v) is 7.31. The van der Waals surface area contributed by atoms with E-state index in [9.17, 15) is 22.8 Å². The third kappa shape index (κ3) is 14.0. The van der Waals surface area contributed by atoms with Crippen molar-refractivity contribution in [1.82, 2.24) is 20.1 Å². The molecule has 0 saturated carbocycles. The number of nitrogens with zero attached hydrogens (tertiary/aromatic N) is 2. The maximum Gasteiger partial charge on any atom is 0.261 e. The predicted octanol–water partition coefficient (Wildman–Crippen LogP) is 4.50. The van der Waals surface area contributed by atoms with Gasteiger partial charge in [0.05, 0.1) is 44.6 Å². The van der Waals surface area contributed by atoms with Gasteiger partial charge in [0, 0.05) is 23.7 Å². The molecule has 0 aliphatic heterocycles. The molecule has 0 unspecified atom stereocenters. The topological polar surface area (TPSA) is 199 Å². The number of hydrogen-bond acceptors (Lipinski definition) is 12. The van der Waals surface area contributed by atoms with E-state index >= 15 is 0 Å². The Bertz CT molecular complexity index is 1650. The molecule has 17 heteroatoms. The van der Waals surface area contributed by atoms with Gasteiger partial charge in [-0.1, -0.05) is 31.3 Å². The van der Waals surface area contributed by atoms with E-state index in [1.165, 1.54) is 0 Å². The molecule has 1 atom stereocenters. The molecular weight excluding hydrogens is 691 g/mol. The minimum Gasteiger partial charge on any atom is -0.493 e. The van der Waals surface area contributed by atoms with Crippen LogP contribution in [0.4, 0.5) is 5.82 Å². The van der Waals surface area contributed by atoms with Gasteiger partial charge in [0.15, 0.2) is 22.9 Å². The summed E-state index contributed by atoms with van der Waals surface area (Å²) in [7, 11) is -2.11. The molecule has 3 aromatic rings. The maximum absolute atomic E-state index is 13.0. The molecule has 0 bridgehead atoms. The van der Waals surface area contributed by atoms with Gasteiger partial charge < -0.3 is 34.3 Å². The summed E-state index contributed by atoms with van der Waals surface area (Å²) in [6.45, 7) is 10.7. The van der Waals surface area contributed by atoms with Gasteiger partial charge in [-0.25, -0.2) is 0 Å². The number of hydrogen-bond donors (Lipinski definition) is 5. The molecule has 0 aliphatic rings. The first-order valence-electron chi connectivity index (χ1n) is 16.1. The second-order valence-electron chi connectivity index (χ2n) is 11.8. The van der Waals surface area contributed by atoms with E-state index in [0.717, 1.165) is 19.3 Å². The third-order valence-electron chi connectivity index (χ3n) is 7.00. The Labute approximate surface area is 299 Å². The number of ether oxygens (including phenoxy) is 3. The second-order valence-corrected chi connectivity index (χ2v) is 13.6. The minimum atomic E-state index is -3.67. The first-order valence-corrected chi connectivity index (χ1v) is 18.4. The van der Waals surface area contributed by atoms with Crippen LogP contribution in [0.3, 0.4) is 0 Å². The summed E-state index contributed by atoms with van der Waals surface area (Å²) in [5, 5.41) is 9.79. The van der Waals surface area contributed by atoms with Gasteiger partial charge in [0.25, 0.3) is 16.0 Å². The molecule has 0 aliphatic carbocycles. The zero-order valence-electron chi connectivity index (χ0n) is 29.5. The molecule has 2 aromatic carbocycles. The number of carbonyl (C=O) groups is 3. The highest BCUT2D eigenvalue weighted by Crippen LogP contribution is 2.30. The average Bonchev–Trinajstić information content (AvgIpc) is 3.44. The summed E-state index contributed by atoms with van der Waals surface area (Å²) < 4.78 is 51.2. The average molecular weight is 740 g/mol. The number of unbranched alkanes of at least 4 members (excludes halogenated alkanes) is 1. The van der Waals surface area contributed by atoms with Crippen molar-refractivity contribution in [3.05, 3.63) is 42.0 Å². The largest absolute Gasteiger partial charge is 0.493 e. The Hall–Kier alpha value is -4.06. The van der Waals surface area contributed by atoms with Gasteiger partial charge in [0.2, 0.25) is 11.8 Å². The first kappa shape index (κ1) is 42.1. The molecule has 15 nitrogen and oxygen atoms in total. The zero-order valence-corrected chi connectivity index (χ0v) is 31.2. The lowest BCUT2D eigenvalue weighted by molar-refractivity contribution is -0.125. The molecular formula is C33H49N5O10S2. The monoisotopic (exact) mass is 739 g/mol. The van der Waals surface area contributed by atoms with Crippen LogP contribution in [-0.4, -0.2) is 92.0 Å². The number of amides is 3. The summed E-state index contributed by atoms with van der Waals surface area (Å²) in [5.74, 6) is 1.17. The van der Waals surface area contributed by atoms with Gasteiger partial charge in [-0.15, -0.1) is 0 Å². The van der Waals surface area contributed by atoms with Crippen LogP contribution >= 0.6 is 12.8 Å². The fraction of sp³-hybridized carbons (Fsp3) is 0.515. The Morgan fingerprint density at radius 2 is 1.64 bits per heavy atom. The van der Waals surface area contributed by atoms with Crippen LogP contribution in [0, 0.1) is 0 Å².